The quantitative estimate of drug-likeness (QED) is 0.257. The molecule has 2 heterocycles. The number of nitrogens with zero attached hydrogens (tertiary/aromatic N) is 2. The Balaban J connectivity index is 1.07. The summed E-state index contributed by atoms with van der Waals surface area (Å²) < 4.78 is 29.6. The average molecular weight is 579 g/mol. The van der Waals surface area contributed by atoms with Crippen LogP contribution in [0, 0.1) is 5.92 Å². The van der Waals surface area contributed by atoms with Crippen LogP contribution < -0.4 is 14.9 Å². The first-order valence-corrected chi connectivity index (χ1v) is 16.8. The highest BCUT2D eigenvalue weighted by Gasteiger charge is 2.26. The minimum Gasteiger partial charge on any atom is -0.377 e. The lowest BCUT2D eigenvalue weighted by atomic mass is 9.86. The van der Waals surface area contributed by atoms with Gasteiger partial charge < -0.3 is 10.2 Å². The Bertz CT molecular complexity index is 1590. The molecule has 0 saturated heterocycles. The summed E-state index contributed by atoms with van der Waals surface area (Å²) in [5, 5.41) is 6.41. The molecule has 0 unspecified atom stereocenters. The van der Waals surface area contributed by atoms with E-state index in [9.17, 15) is 8.42 Å². The number of nitrogens with one attached hydrogen (secondary N) is 2. The lowest BCUT2D eigenvalue weighted by molar-refractivity contribution is 0.337. The van der Waals surface area contributed by atoms with Crippen LogP contribution in [-0.2, 0) is 16.4 Å². The summed E-state index contributed by atoms with van der Waals surface area (Å²) in [5.74, 6) is 1.42. The van der Waals surface area contributed by atoms with Crippen molar-refractivity contribution in [2.24, 2.45) is 5.92 Å². The zero-order valence-corrected chi connectivity index (χ0v) is 24.8. The molecule has 0 bridgehead atoms. The van der Waals surface area contributed by atoms with Crippen molar-refractivity contribution in [3.05, 3.63) is 65.5 Å². The molecule has 1 aromatic heterocycles. The molecule has 3 aromatic carbocycles. The molecule has 1 aliphatic heterocycles. The van der Waals surface area contributed by atoms with E-state index in [2.05, 4.69) is 34.3 Å². The number of aromatic nitrogens is 1. The number of rotatable bonds is 7. The topological polar surface area (TPSA) is 74.3 Å². The van der Waals surface area contributed by atoms with Crippen LogP contribution in [-0.4, -0.2) is 45.8 Å². The highest BCUT2D eigenvalue weighted by atomic mass is 32.2. The van der Waals surface area contributed by atoms with Crippen molar-refractivity contribution in [1.82, 2.24) is 9.71 Å². The first-order valence-electron chi connectivity index (χ1n) is 13.6. The fraction of sp³-hybridized carbons (Fsp3) is 0.367. The first-order chi connectivity index (χ1) is 18.9. The van der Waals surface area contributed by atoms with Crippen LogP contribution in [0.25, 0.3) is 22.0 Å². The Hall–Kier alpha value is -2.59. The molecule has 1 aliphatic carbocycles. The number of benzene rings is 3. The SMILES string of the molecule is CN(C)c1cccc2c(S(=O)(=O)NCC3CCC(Nc4nc5c(s4)CCSc4ccccc4-5)CC3)cccc12. The van der Waals surface area contributed by atoms with Gasteiger partial charge in [-0.3, -0.25) is 0 Å². The molecule has 39 heavy (non-hydrogen) atoms. The number of fused-ring (bicyclic) bond motifs is 4. The zero-order valence-electron chi connectivity index (χ0n) is 22.3. The molecule has 204 valence electrons. The minimum atomic E-state index is -3.61. The number of thioether (sulfide) groups is 1. The standard InChI is InChI=1S/C30H34N4O2S3/c1-34(2)25-10-5-9-23-22(25)8-6-12-28(23)39(35,36)31-19-20-13-15-21(16-14-20)32-30-33-29-24-7-3-4-11-26(24)37-18-17-27(29)38-30/h3-12,20-21,31H,13-19H2,1-2H3,(H,32,33). The van der Waals surface area contributed by atoms with Crippen molar-refractivity contribution >= 4 is 54.7 Å². The molecular formula is C30H34N4O2S3. The summed E-state index contributed by atoms with van der Waals surface area (Å²) in [4.78, 5) is 10.1. The summed E-state index contributed by atoms with van der Waals surface area (Å²) in [6.07, 6.45) is 5.07. The van der Waals surface area contributed by atoms with E-state index in [4.69, 9.17) is 4.98 Å². The second-order valence-corrected chi connectivity index (χ2v) is 14.6. The lowest BCUT2D eigenvalue weighted by Crippen LogP contribution is -2.34. The summed E-state index contributed by atoms with van der Waals surface area (Å²) in [6.45, 7) is 0.471. The molecule has 1 saturated carbocycles. The number of thiazole rings is 1. The summed E-state index contributed by atoms with van der Waals surface area (Å²) in [6, 6.07) is 20.3. The maximum Gasteiger partial charge on any atom is 0.241 e. The largest absolute Gasteiger partial charge is 0.377 e. The molecule has 2 N–H and O–H groups in total. The van der Waals surface area contributed by atoms with Gasteiger partial charge in [0.2, 0.25) is 10.0 Å². The molecule has 0 radical (unpaired) electrons. The Morgan fingerprint density at radius 3 is 2.54 bits per heavy atom. The second kappa shape index (κ2) is 11.1. The minimum absolute atomic E-state index is 0.335. The number of aryl methyl sites for hydroxylation is 1. The van der Waals surface area contributed by atoms with Crippen LogP contribution in [0.15, 0.2) is 70.5 Å². The second-order valence-electron chi connectivity index (χ2n) is 10.6. The molecule has 4 aromatic rings. The molecular weight excluding hydrogens is 545 g/mol. The molecule has 0 amide bonds. The molecule has 9 heteroatoms. The van der Waals surface area contributed by atoms with Gasteiger partial charge in [0.15, 0.2) is 5.13 Å². The fourth-order valence-corrected chi connectivity index (χ4v) is 9.25. The highest BCUT2D eigenvalue weighted by Crippen LogP contribution is 2.41. The van der Waals surface area contributed by atoms with E-state index in [0.29, 0.717) is 23.4 Å². The Kier molecular flexibility index (Phi) is 7.59. The Labute approximate surface area is 239 Å². The van der Waals surface area contributed by atoms with Gasteiger partial charge in [-0.1, -0.05) is 42.5 Å². The van der Waals surface area contributed by atoms with Gasteiger partial charge >= 0.3 is 0 Å². The average Bonchev–Trinajstić information content (AvgIpc) is 3.26. The van der Waals surface area contributed by atoms with Crippen molar-refractivity contribution in [3.8, 4) is 11.3 Å². The van der Waals surface area contributed by atoms with E-state index in [1.807, 2.05) is 61.1 Å². The van der Waals surface area contributed by atoms with Gasteiger partial charge in [-0.25, -0.2) is 18.1 Å². The zero-order chi connectivity index (χ0) is 27.0. The number of hydrogen-bond donors (Lipinski definition) is 2. The van der Waals surface area contributed by atoms with Gasteiger partial charge in [-0.15, -0.1) is 23.1 Å². The van der Waals surface area contributed by atoms with Gasteiger partial charge in [0.25, 0.3) is 0 Å². The van der Waals surface area contributed by atoms with E-state index < -0.39 is 10.0 Å². The number of anilines is 2. The van der Waals surface area contributed by atoms with Crippen LogP contribution in [0.2, 0.25) is 0 Å². The molecule has 6 nitrogen and oxygen atoms in total. The van der Waals surface area contributed by atoms with E-state index in [0.717, 1.165) is 65.1 Å². The highest BCUT2D eigenvalue weighted by molar-refractivity contribution is 7.99. The third kappa shape index (κ3) is 5.55. The molecule has 6 rings (SSSR count). The third-order valence-corrected chi connectivity index (χ3v) is 11.4. The number of sulfonamides is 1. The van der Waals surface area contributed by atoms with Gasteiger partial charge in [-0.2, -0.15) is 0 Å². The van der Waals surface area contributed by atoms with Crippen molar-refractivity contribution in [1.29, 1.82) is 0 Å². The molecule has 0 spiro atoms. The molecule has 1 fully saturated rings. The van der Waals surface area contributed by atoms with Gasteiger partial charge in [-0.05, 0) is 56.2 Å². The summed E-state index contributed by atoms with van der Waals surface area (Å²) in [5.41, 5.74) is 3.40. The monoisotopic (exact) mass is 578 g/mol. The molecule has 2 aliphatic rings. The van der Waals surface area contributed by atoms with E-state index in [1.54, 1.807) is 17.4 Å². The maximum atomic E-state index is 13.3. The van der Waals surface area contributed by atoms with Crippen LogP contribution in [0.3, 0.4) is 0 Å². The maximum absolute atomic E-state index is 13.3. The van der Waals surface area contributed by atoms with Gasteiger partial charge in [0.1, 0.15) is 0 Å². The van der Waals surface area contributed by atoms with Crippen LogP contribution in [0.1, 0.15) is 30.6 Å². The van der Waals surface area contributed by atoms with Crippen molar-refractivity contribution < 1.29 is 8.42 Å². The van der Waals surface area contributed by atoms with E-state index >= 15 is 0 Å². The van der Waals surface area contributed by atoms with E-state index in [-0.39, 0.29) is 0 Å². The van der Waals surface area contributed by atoms with Gasteiger partial charge in [0, 0.05) is 64.2 Å². The van der Waals surface area contributed by atoms with Crippen LogP contribution in [0.4, 0.5) is 10.8 Å². The Morgan fingerprint density at radius 2 is 1.72 bits per heavy atom. The fourth-order valence-electron chi connectivity index (χ4n) is 5.71. The normalized spacial score (nSPS) is 19.2. The molecule has 0 atom stereocenters. The third-order valence-electron chi connectivity index (χ3n) is 7.79. The predicted molar refractivity (Wildman–Crippen MR) is 165 cm³/mol. The predicted octanol–water partition coefficient (Wildman–Crippen LogP) is 6.63. The Morgan fingerprint density at radius 1 is 0.949 bits per heavy atom. The van der Waals surface area contributed by atoms with Crippen molar-refractivity contribution in [2.45, 2.75) is 47.9 Å². The first kappa shape index (κ1) is 26.6. The van der Waals surface area contributed by atoms with Crippen LogP contribution >= 0.6 is 23.1 Å². The van der Waals surface area contributed by atoms with Crippen molar-refractivity contribution in [3.63, 3.8) is 0 Å². The van der Waals surface area contributed by atoms with Crippen molar-refractivity contribution in [2.75, 3.05) is 36.6 Å². The summed E-state index contributed by atoms with van der Waals surface area (Å²) in [7, 11) is 0.333. The smallest absolute Gasteiger partial charge is 0.241 e. The van der Waals surface area contributed by atoms with E-state index in [1.165, 1.54) is 15.3 Å². The summed E-state index contributed by atoms with van der Waals surface area (Å²) >= 11 is 3.71. The van der Waals surface area contributed by atoms with Gasteiger partial charge in [0.05, 0.1) is 10.6 Å². The number of hydrogen-bond acceptors (Lipinski definition) is 7. The van der Waals surface area contributed by atoms with Crippen LogP contribution in [0.5, 0.6) is 0 Å². The lowest BCUT2D eigenvalue weighted by Gasteiger charge is -2.29.